The van der Waals surface area contributed by atoms with Gasteiger partial charge < -0.3 is 4.42 Å². The first-order valence-electron chi connectivity index (χ1n) is 4.40. The van der Waals surface area contributed by atoms with Crippen LogP contribution in [-0.4, -0.2) is 13.0 Å². The zero-order chi connectivity index (χ0) is 12.6. The molecule has 1 aromatic carbocycles. The fraction of sp³-hybridized carbons (Fsp3) is 0. The Balaban J connectivity index is 2.65. The van der Waals surface area contributed by atoms with Crippen molar-refractivity contribution in [2.24, 2.45) is 0 Å². The number of benzene rings is 1. The highest BCUT2D eigenvalue weighted by molar-refractivity contribution is 7.86. The van der Waals surface area contributed by atoms with Crippen molar-refractivity contribution in [3.8, 4) is 11.3 Å². The lowest BCUT2D eigenvalue weighted by Gasteiger charge is -2.05. The molecule has 0 saturated heterocycles. The lowest BCUT2D eigenvalue weighted by Crippen LogP contribution is -1.99. The molecule has 1 aromatic heterocycles. The summed E-state index contributed by atoms with van der Waals surface area (Å²) in [6, 6.07) is 5.73. The van der Waals surface area contributed by atoms with Crippen LogP contribution in [0, 0.1) is 0 Å². The van der Waals surface area contributed by atoms with Crippen LogP contribution in [0.1, 0.15) is 0 Å². The summed E-state index contributed by atoms with van der Waals surface area (Å²) in [6.45, 7) is 0. The molecule has 0 saturated carbocycles. The first-order chi connectivity index (χ1) is 7.89. The summed E-state index contributed by atoms with van der Waals surface area (Å²) in [5, 5.41) is 0.000255. The molecule has 4 nitrogen and oxygen atoms in total. The molecular weight excluding hydrogens is 287 g/mol. The van der Waals surface area contributed by atoms with Crippen LogP contribution in [-0.2, 0) is 10.1 Å². The van der Waals surface area contributed by atoms with E-state index in [9.17, 15) is 8.42 Å². The minimum absolute atomic E-state index is 0.122. The standard InChI is InChI=1S/C10H6Cl2O4S/c11-7-5-10(17(13,14)15)8(12)4-6(7)9-2-1-3-16-9/h1-5H,(H,13,14,15). The number of halogens is 2. The second-order valence-electron chi connectivity index (χ2n) is 3.21. The topological polar surface area (TPSA) is 67.5 Å². The summed E-state index contributed by atoms with van der Waals surface area (Å²) in [7, 11) is -4.39. The fourth-order valence-corrected chi connectivity index (χ4v) is 2.70. The Bertz CT molecular complexity index is 647. The van der Waals surface area contributed by atoms with Crippen LogP contribution >= 0.6 is 23.2 Å². The maximum absolute atomic E-state index is 11.0. The molecule has 0 bridgehead atoms. The molecule has 0 spiro atoms. The average molecular weight is 293 g/mol. The van der Waals surface area contributed by atoms with Gasteiger partial charge in [-0.2, -0.15) is 8.42 Å². The van der Waals surface area contributed by atoms with Crippen LogP contribution in [0.2, 0.25) is 10.0 Å². The first-order valence-corrected chi connectivity index (χ1v) is 6.59. The number of hydrogen-bond donors (Lipinski definition) is 1. The molecule has 0 fully saturated rings. The SMILES string of the molecule is O=S(=O)(O)c1cc(Cl)c(-c2ccco2)cc1Cl. The molecule has 90 valence electrons. The van der Waals surface area contributed by atoms with E-state index in [0.29, 0.717) is 11.3 Å². The molecule has 0 unspecified atom stereocenters. The van der Waals surface area contributed by atoms with Gasteiger partial charge in [0.25, 0.3) is 10.1 Å². The third-order valence-corrected chi connectivity index (χ3v) is 3.72. The maximum Gasteiger partial charge on any atom is 0.296 e. The molecule has 0 aliphatic rings. The normalized spacial score (nSPS) is 11.7. The lowest BCUT2D eigenvalue weighted by atomic mass is 10.2. The molecule has 17 heavy (non-hydrogen) atoms. The van der Waals surface area contributed by atoms with Gasteiger partial charge in [0, 0.05) is 5.56 Å². The third kappa shape index (κ3) is 2.47. The van der Waals surface area contributed by atoms with Crippen molar-refractivity contribution in [2.45, 2.75) is 4.90 Å². The maximum atomic E-state index is 11.0. The van der Waals surface area contributed by atoms with Gasteiger partial charge in [-0.1, -0.05) is 23.2 Å². The van der Waals surface area contributed by atoms with Gasteiger partial charge in [-0.3, -0.25) is 4.55 Å². The summed E-state index contributed by atoms with van der Waals surface area (Å²) < 4.78 is 36.0. The third-order valence-electron chi connectivity index (χ3n) is 2.09. The highest BCUT2D eigenvalue weighted by Gasteiger charge is 2.18. The van der Waals surface area contributed by atoms with Gasteiger partial charge in [-0.25, -0.2) is 0 Å². The molecule has 2 aromatic rings. The molecule has 0 amide bonds. The van der Waals surface area contributed by atoms with Crippen molar-refractivity contribution in [3.63, 3.8) is 0 Å². The van der Waals surface area contributed by atoms with Gasteiger partial charge in [0.1, 0.15) is 10.7 Å². The molecular formula is C10H6Cl2O4S. The van der Waals surface area contributed by atoms with E-state index in [1.165, 1.54) is 12.3 Å². The van der Waals surface area contributed by atoms with Crippen LogP contribution in [0.15, 0.2) is 39.8 Å². The summed E-state index contributed by atoms with van der Waals surface area (Å²) in [4.78, 5) is -0.431. The molecule has 0 aliphatic heterocycles. The van der Waals surface area contributed by atoms with Crippen molar-refractivity contribution < 1.29 is 17.4 Å². The summed E-state index contributed by atoms with van der Waals surface area (Å²) in [5.74, 6) is 0.457. The van der Waals surface area contributed by atoms with E-state index in [2.05, 4.69) is 0 Å². The lowest BCUT2D eigenvalue weighted by molar-refractivity contribution is 0.483. The van der Waals surface area contributed by atoms with E-state index >= 15 is 0 Å². The predicted octanol–water partition coefficient (Wildman–Crippen LogP) is 3.50. The van der Waals surface area contributed by atoms with Crippen LogP contribution in [0.3, 0.4) is 0 Å². The highest BCUT2D eigenvalue weighted by atomic mass is 35.5. The Morgan fingerprint density at radius 1 is 1.18 bits per heavy atom. The first kappa shape index (κ1) is 12.4. The van der Waals surface area contributed by atoms with E-state index < -0.39 is 15.0 Å². The summed E-state index contributed by atoms with van der Waals surface area (Å²) in [5.41, 5.74) is 0.453. The van der Waals surface area contributed by atoms with E-state index in [0.717, 1.165) is 6.07 Å². The quantitative estimate of drug-likeness (QED) is 0.860. The molecule has 2 rings (SSSR count). The Morgan fingerprint density at radius 3 is 2.41 bits per heavy atom. The van der Waals surface area contributed by atoms with Gasteiger partial charge in [0.15, 0.2) is 0 Å². The molecule has 0 aliphatic carbocycles. The van der Waals surface area contributed by atoms with Crippen molar-refractivity contribution >= 4 is 33.3 Å². The molecule has 7 heteroatoms. The average Bonchev–Trinajstić information content (AvgIpc) is 2.72. The van der Waals surface area contributed by atoms with Crippen LogP contribution in [0.4, 0.5) is 0 Å². The van der Waals surface area contributed by atoms with Crippen molar-refractivity contribution in [2.75, 3.05) is 0 Å². The van der Waals surface area contributed by atoms with Crippen LogP contribution in [0.25, 0.3) is 11.3 Å². The zero-order valence-electron chi connectivity index (χ0n) is 8.22. The van der Waals surface area contributed by atoms with Crippen LogP contribution in [0.5, 0.6) is 0 Å². The van der Waals surface area contributed by atoms with Crippen LogP contribution < -0.4 is 0 Å². The smallest absolute Gasteiger partial charge is 0.296 e. The second-order valence-corrected chi connectivity index (χ2v) is 5.42. The predicted molar refractivity (Wildman–Crippen MR) is 64.0 cm³/mol. The van der Waals surface area contributed by atoms with Gasteiger partial charge in [-0.15, -0.1) is 0 Å². The Kier molecular flexibility index (Phi) is 3.18. The van der Waals surface area contributed by atoms with Gasteiger partial charge >= 0.3 is 0 Å². The van der Waals surface area contributed by atoms with E-state index in [4.69, 9.17) is 32.2 Å². The monoisotopic (exact) mass is 292 g/mol. The van der Waals surface area contributed by atoms with Gasteiger partial charge in [0.05, 0.1) is 16.3 Å². The van der Waals surface area contributed by atoms with E-state index in [1.807, 2.05) is 0 Å². The van der Waals surface area contributed by atoms with Crippen molar-refractivity contribution in [1.82, 2.24) is 0 Å². The number of rotatable bonds is 2. The highest BCUT2D eigenvalue weighted by Crippen LogP contribution is 2.34. The largest absolute Gasteiger partial charge is 0.464 e. The molecule has 1 N–H and O–H groups in total. The van der Waals surface area contributed by atoms with Crippen molar-refractivity contribution in [3.05, 3.63) is 40.6 Å². The minimum atomic E-state index is -4.39. The van der Waals surface area contributed by atoms with E-state index in [-0.39, 0.29) is 10.0 Å². The van der Waals surface area contributed by atoms with Crippen molar-refractivity contribution in [1.29, 1.82) is 0 Å². The van der Waals surface area contributed by atoms with Gasteiger partial charge in [-0.05, 0) is 24.3 Å². The Morgan fingerprint density at radius 2 is 1.88 bits per heavy atom. The fourth-order valence-electron chi connectivity index (χ4n) is 1.35. The number of hydrogen-bond acceptors (Lipinski definition) is 3. The second kappa shape index (κ2) is 4.34. The van der Waals surface area contributed by atoms with E-state index in [1.54, 1.807) is 12.1 Å². The Hall–Kier alpha value is -1.01. The summed E-state index contributed by atoms with van der Waals surface area (Å²) in [6.07, 6.45) is 1.45. The Labute approximate surface area is 108 Å². The minimum Gasteiger partial charge on any atom is -0.464 e. The number of furan rings is 1. The molecule has 0 atom stereocenters. The molecule has 0 radical (unpaired) electrons. The molecule has 1 heterocycles. The zero-order valence-corrected chi connectivity index (χ0v) is 10.6. The summed E-state index contributed by atoms with van der Waals surface area (Å²) >= 11 is 11.7. The van der Waals surface area contributed by atoms with Gasteiger partial charge in [0.2, 0.25) is 0 Å².